The lowest BCUT2D eigenvalue weighted by Crippen LogP contribution is -2.45. The van der Waals surface area contributed by atoms with Crippen LogP contribution in [0.25, 0.3) is 11.0 Å². The number of rotatable bonds is 5. The lowest BCUT2D eigenvalue weighted by molar-refractivity contribution is -0.125. The van der Waals surface area contributed by atoms with Gasteiger partial charge in [0, 0.05) is 12.0 Å². The highest BCUT2D eigenvalue weighted by molar-refractivity contribution is 5.84. The summed E-state index contributed by atoms with van der Waals surface area (Å²) in [4.78, 5) is 17.2. The van der Waals surface area contributed by atoms with E-state index in [0.29, 0.717) is 0 Å². The molecule has 1 N–H and O–H groups in total. The van der Waals surface area contributed by atoms with Crippen molar-refractivity contribution in [3.8, 4) is 0 Å². The molecule has 0 aliphatic rings. The van der Waals surface area contributed by atoms with E-state index in [0.717, 1.165) is 29.7 Å². The molecule has 0 bridgehead atoms. The van der Waals surface area contributed by atoms with Crippen molar-refractivity contribution < 1.29 is 4.79 Å². The zero-order valence-electron chi connectivity index (χ0n) is 13.6. The molecule has 0 aliphatic heterocycles. The Bertz CT molecular complexity index is 643. The summed E-state index contributed by atoms with van der Waals surface area (Å²) < 4.78 is 2.05. The molecule has 4 nitrogen and oxygen atoms in total. The van der Waals surface area contributed by atoms with E-state index in [1.165, 1.54) is 0 Å². The van der Waals surface area contributed by atoms with Gasteiger partial charge >= 0.3 is 0 Å². The zero-order chi connectivity index (χ0) is 15.6. The normalized spacial score (nSPS) is 13.4. The van der Waals surface area contributed by atoms with Crippen LogP contribution in [0.1, 0.15) is 52.9 Å². The molecule has 0 radical (unpaired) electrons. The van der Waals surface area contributed by atoms with Gasteiger partial charge in [0.25, 0.3) is 0 Å². The molecule has 21 heavy (non-hydrogen) atoms. The summed E-state index contributed by atoms with van der Waals surface area (Å²) in [5.41, 5.74) is 1.78. The lowest BCUT2D eigenvalue weighted by Gasteiger charge is -2.27. The van der Waals surface area contributed by atoms with Crippen LogP contribution in [-0.4, -0.2) is 21.0 Å². The van der Waals surface area contributed by atoms with Gasteiger partial charge in [-0.1, -0.05) is 26.0 Å². The third-order valence-corrected chi connectivity index (χ3v) is 4.10. The van der Waals surface area contributed by atoms with E-state index in [9.17, 15) is 4.79 Å². The second-order valence-corrected chi connectivity index (χ2v) is 6.14. The maximum atomic E-state index is 12.6. The van der Waals surface area contributed by atoms with Crippen molar-refractivity contribution in [2.45, 2.75) is 59.0 Å². The molecule has 0 saturated heterocycles. The molecule has 114 valence electrons. The Labute approximate surface area is 126 Å². The summed E-state index contributed by atoms with van der Waals surface area (Å²) in [5.74, 6) is 0.993. The van der Waals surface area contributed by atoms with Crippen molar-refractivity contribution in [1.82, 2.24) is 14.9 Å². The Morgan fingerprint density at radius 2 is 2.00 bits per heavy atom. The van der Waals surface area contributed by atoms with Crippen molar-refractivity contribution in [1.29, 1.82) is 0 Å². The third kappa shape index (κ3) is 3.09. The molecule has 1 aromatic heterocycles. The summed E-state index contributed by atoms with van der Waals surface area (Å²) in [5, 5.41) is 3.12. The highest BCUT2D eigenvalue weighted by Gasteiger charge is 2.25. The Kier molecular flexibility index (Phi) is 4.35. The van der Waals surface area contributed by atoms with Crippen LogP contribution in [0.15, 0.2) is 24.3 Å². The van der Waals surface area contributed by atoms with E-state index in [-0.39, 0.29) is 17.5 Å². The summed E-state index contributed by atoms with van der Waals surface area (Å²) in [7, 11) is 0. The summed E-state index contributed by atoms with van der Waals surface area (Å²) in [6.45, 7) is 10.2. The molecule has 1 unspecified atom stereocenters. The molecule has 0 aliphatic carbocycles. The largest absolute Gasteiger partial charge is 0.349 e. The molecular formula is C17H25N3O. The SMILES string of the molecule is CCc1nc2ccccc2n1C(C)C(=O)NC(C)(C)CC. The fraction of sp³-hybridized carbons (Fsp3) is 0.529. The van der Waals surface area contributed by atoms with Crippen LogP contribution in [-0.2, 0) is 11.2 Å². The van der Waals surface area contributed by atoms with Gasteiger partial charge in [-0.15, -0.1) is 0 Å². The lowest BCUT2D eigenvalue weighted by atomic mass is 10.0. The van der Waals surface area contributed by atoms with E-state index in [4.69, 9.17) is 0 Å². The van der Waals surface area contributed by atoms with Crippen molar-refractivity contribution in [3.05, 3.63) is 30.1 Å². The van der Waals surface area contributed by atoms with Crippen LogP contribution in [0.3, 0.4) is 0 Å². The van der Waals surface area contributed by atoms with E-state index < -0.39 is 0 Å². The average Bonchev–Trinajstić information content (AvgIpc) is 2.84. The van der Waals surface area contributed by atoms with Gasteiger partial charge in [-0.25, -0.2) is 4.98 Å². The third-order valence-electron chi connectivity index (χ3n) is 4.10. The fourth-order valence-corrected chi connectivity index (χ4v) is 2.42. The number of benzene rings is 1. The predicted octanol–water partition coefficient (Wildman–Crippen LogP) is 3.46. The van der Waals surface area contributed by atoms with Crippen LogP contribution in [0.5, 0.6) is 0 Å². The van der Waals surface area contributed by atoms with Crippen LogP contribution in [0.2, 0.25) is 0 Å². The Morgan fingerprint density at radius 1 is 1.33 bits per heavy atom. The number of nitrogens with one attached hydrogen (secondary N) is 1. The van der Waals surface area contributed by atoms with Gasteiger partial charge in [-0.3, -0.25) is 4.79 Å². The number of carbonyl (C=O) groups excluding carboxylic acids is 1. The number of fused-ring (bicyclic) bond motifs is 1. The fourth-order valence-electron chi connectivity index (χ4n) is 2.42. The number of hydrogen-bond donors (Lipinski definition) is 1. The molecule has 1 amide bonds. The van der Waals surface area contributed by atoms with Gasteiger partial charge in [0.05, 0.1) is 11.0 Å². The zero-order valence-corrected chi connectivity index (χ0v) is 13.6. The molecule has 0 fully saturated rings. The highest BCUT2D eigenvalue weighted by Crippen LogP contribution is 2.22. The second-order valence-electron chi connectivity index (χ2n) is 6.14. The molecule has 1 heterocycles. The van der Waals surface area contributed by atoms with Gasteiger partial charge in [-0.2, -0.15) is 0 Å². The first kappa shape index (κ1) is 15.5. The van der Waals surface area contributed by atoms with E-state index >= 15 is 0 Å². The number of aryl methyl sites for hydroxylation is 1. The minimum atomic E-state index is -0.266. The number of amides is 1. The Balaban J connectivity index is 2.38. The van der Waals surface area contributed by atoms with Crippen molar-refractivity contribution in [2.24, 2.45) is 0 Å². The van der Waals surface area contributed by atoms with Gasteiger partial charge in [0.15, 0.2) is 0 Å². The van der Waals surface area contributed by atoms with Crippen molar-refractivity contribution in [3.63, 3.8) is 0 Å². The van der Waals surface area contributed by atoms with Gasteiger partial charge in [0.1, 0.15) is 11.9 Å². The number of hydrogen-bond acceptors (Lipinski definition) is 2. The molecule has 0 saturated carbocycles. The second kappa shape index (κ2) is 5.88. The Hall–Kier alpha value is -1.84. The van der Waals surface area contributed by atoms with E-state index in [1.54, 1.807) is 0 Å². The average molecular weight is 287 g/mol. The first-order valence-corrected chi connectivity index (χ1v) is 7.67. The maximum Gasteiger partial charge on any atom is 0.243 e. The van der Waals surface area contributed by atoms with E-state index in [2.05, 4.69) is 28.7 Å². The molecule has 0 spiro atoms. The molecular weight excluding hydrogens is 262 g/mol. The topological polar surface area (TPSA) is 46.9 Å². The predicted molar refractivity (Wildman–Crippen MR) is 86.3 cm³/mol. The molecule has 1 atom stereocenters. The highest BCUT2D eigenvalue weighted by atomic mass is 16.2. The van der Waals surface area contributed by atoms with Crippen LogP contribution < -0.4 is 5.32 Å². The quantitative estimate of drug-likeness (QED) is 0.915. The van der Waals surface area contributed by atoms with Gasteiger partial charge < -0.3 is 9.88 Å². The van der Waals surface area contributed by atoms with Crippen molar-refractivity contribution in [2.75, 3.05) is 0 Å². The minimum Gasteiger partial charge on any atom is -0.349 e. The van der Waals surface area contributed by atoms with Crippen LogP contribution >= 0.6 is 0 Å². The van der Waals surface area contributed by atoms with Gasteiger partial charge in [-0.05, 0) is 39.3 Å². The Morgan fingerprint density at radius 3 is 2.62 bits per heavy atom. The number of para-hydroxylation sites is 2. The summed E-state index contributed by atoms with van der Waals surface area (Å²) in [6, 6.07) is 7.71. The smallest absolute Gasteiger partial charge is 0.243 e. The van der Waals surface area contributed by atoms with E-state index in [1.807, 2.05) is 45.0 Å². The minimum absolute atomic E-state index is 0.0414. The molecule has 2 rings (SSSR count). The molecule has 2 aromatic rings. The maximum absolute atomic E-state index is 12.6. The molecule has 4 heteroatoms. The number of imidazole rings is 1. The molecule has 1 aromatic carbocycles. The number of carbonyl (C=O) groups is 1. The monoisotopic (exact) mass is 287 g/mol. The van der Waals surface area contributed by atoms with Crippen LogP contribution in [0.4, 0.5) is 0 Å². The van der Waals surface area contributed by atoms with Crippen molar-refractivity contribution >= 4 is 16.9 Å². The number of aromatic nitrogens is 2. The first-order valence-electron chi connectivity index (χ1n) is 7.67. The summed E-state index contributed by atoms with van der Waals surface area (Å²) in [6.07, 6.45) is 1.71. The number of nitrogens with zero attached hydrogens (tertiary/aromatic N) is 2. The van der Waals surface area contributed by atoms with Crippen LogP contribution in [0, 0.1) is 0 Å². The standard InChI is InChI=1S/C17H25N3O/c1-6-15-18-13-10-8-9-11-14(13)20(15)12(3)16(21)19-17(4,5)7-2/h8-12H,6-7H2,1-5H3,(H,19,21). The van der Waals surface area contributed by atoms with Gasteiger partial charge in [0.2, 0.25) is 5.91 Å². The summed E-state index contributed by atoms with van der Waals surface area (Å²) >= 11 is 0. The first-order chi connectivity index (χ1) is 9.89.